The summed E-state index contributed by atoms with van der Waals surface area (Å²) in [5, 5.41) is 2.56. The maximum Gasteiger partial charge on any atom is 0.272 e. The van der Waals surface area contributed by atoms with E-state index in [1.807, 2.05) is 19.1 Å². The van der Waals surface area contributed by atoms with Crippen LogP contribution in [0.4, 0.5) is 0 Å². The van der Waals surface area contributed by atoms with Crippen molar-refractivity contribution in [3.63, 3.8) is 0 Å². The third kappa shape index (κ3) is 4.19. The predicted octanol–water partition coefficient (Wildman–Crippen LogP) is 2.21. The average Bonchev–Trinajstić information content (AvgIpc) is 2.17. The Hall–Kier alpha value is 0.0400. The molecule has 1 rings (SSSR count). The molecule has 3 nitrogen and oxygen atoms in total. The van der Waals surface area contributed by atoms with Crippen molar-refractivity contribution in [3.8, 4) is 0 Å². The maximum absolute atomic E-state index is 11.3. The second-order valence-electron chi connectivity index (χ2n) is 3.24. The molecule has 0 fully saturated rings. The molecule has 6 heteroatoms. The largest absolute Gasteiger partial charge is 0.372 e. The van der Waals surface area contributed by atoms with Crippen LogP contribution in [0, 0.1) is 0 Å². The number of hydrogen-bond donors (Lipinski definition) is 1. The molecule has 1 aliphatic rings. The van der Waals surface area contributed by atoms with E-state index in [0.29, 0.717) is 6.61 Å². The van der Waals surface area contributed by atoms with E-state index in [2.05, 4.69) is 5.32 Å². The van der Waals surface area contributed by atoms with Crippen LogP contribution in [0.15, 0.2) is 12.2 Å². The molecule has 0 aromatic rings. The molecule has 1 aliphatic heterocycles. The number of hydrogen-bond acceptors (Lipinski definition) is 2. The van der Waals surface area contributed by atoms with Gasteiger partial charge in [-0.25, -0.2) is 0 Å². The molecule has 0 aromatic carbocycles. The number of carbonyl (C=O) groups is 1. The summed E-state index contributed by atoms with van der Waals surface area (Å²) in [6, 6.07) is -0.226. The molecule has 1 amide bonds. The minimum absolute atomic E-state index is 0.117. The quantitative estimate of drug-likeness (QED) is 0.618. The first-order chi connectivity index (χ1) is 6.93. The van der Waals surface area contributed by atoms with Gasteiger partial charge in [0.25, 0.3) is 9.70 Å². The Bertz CT molecular complexity index is 263. The van der Waals surface area contributed by atoms with Gasteiger partial charge in [-0.2, -0.15) is 0 Å². The van der Waals surface area contributed by atoms with E-state index < -0.39 is 9.70 Å². The van der Waals surface area contributed by atoms with Gasteiger partial charge < -0.3 is 10.1 Å². The van der Waals surface area contributed by atoms with Gasteiger partial charge in [-0.15, -0.1) is 0 Å². The van der Waals surface area contributed by atoms with E-state index in [9.17, 15) is 4.79 Å². The second kappa shape index (κ2) is 5.39. The van der Waals surface area contributed by atoms with E-state index >= 15 is 0 Å². The van der Waals surface area contributed by atoms with E-state index in [1.165, 1.54) is 0 Å². The van der Waals surface area contributed by atoms with Crippen molar-refractivity contribution in [1.29, 1.82) is 0 Å². The Labute approximate surface area is 104 Å². The number of carbonyl (C=O) groups excluding carboxylic acids is 1. The molecule has 0 bridgehead atoms. The molecular weight excluding hydrogens is 260 g/mol. The van der Waals surface area contributed by atoms with Gasteiger partial charge in [0.1, 0.15) is 0 Å². The fourth-order valence-electron chi connectivity index (χ4n) is 1.19. The highest BCUT2D eigenvalue weighted by atomic mass is 35.6. The Morgan fingerprint density at radius 2 is 2.20 bits per heavy atom. The second-order valence-corrected chi connectivity index (χ2v) is 5.52. The minimum atomic E-state index is -1.92. The molecule has 1 N–H and O–H groups in total. The third-order valence-electron chi connectivity index (χ3n) is 2.02. The van der Waals surface area contributed by atoms with Gasteiger partial charge in [0, 0.05) is 0 Å². The van der Waals surface area contributed by atoms with E-state index in [0.717, 1.165) is 6.42 Å². The predicted molar refractivity (Wildman–Crippen MR) is 61.4 cm³/mol. The average molecular weight is 273 g/mol. The summed E-state index contributed by atoms with van der Waals surface area (Å²) in [6.45, 7) is 2.43. The van der Waals surface area contributed by atoms with E-state index in [-0.39, 0.29) is 12.1 Å². The van der Waals surface area contributed by atoms with Crippen molar-refractivity contribution in [3.05, 3.63) is 12.2 Å². The Morgan fingerprint density at radius 3 is 2.60 bits per heavy atom. The van der Waals surface area contributed by atoms with Crippen LogP contribution in [0.25, 0.3) is 0 Å². The van der Waals surface area contributed by atoms with Crippen LogP contribution in [-0.2, 0) is 9.53 Å². The first-order valence-electron chi connectivity index (χ1n) is 4.61. The molecule has 0 aliphatic carbocycles. The highest BCUT2D eigenvalue weighted by Gasteiger charge is 2.32. The van der Waals surface area contributed by atoms with Crippen LogP contribution in [0.3, 0.4) is 0 Å². The standard InChI is InChI=1S/C9H12Cl3NO2/c1-2-7-4-3-6(5-15-7)13-8(14)9(10,11)12/h3-4,6-7H,2,5H2,1H3,(H,13,14)/t6-,7-/m1/s1. The Kier molecular flexibility index (Phi) is 4.71. The van der Waals surface area contributed by atoms with Crippen molar-refractivity contribution in [2.24, 2.45) is 0 Å². The van der Waals surface area contributed by atoms with Gasteiger partial charge in [0.15, 0.2) is 0 Å². The van der Waals surface area contributed by atoms with Crippen molar-refractivity contribution in [2.45, 2.75) is 29.3 Å². The molecule has 0 unspecified atom stereocenters. The zero-order valence-electron chi connectivity index (χ0n) is 8.17. The highest BCUT2D eigenvalue weighted by Crippen LogP contribution is 2.26. The monoisotopic (exact) mass is 271 g/mol. The molecule has 0 radical (unpaired) electrons. The van der Waals surface area contributed by atoms with E-state index in [1.54, 1.807) is 0 Å². The summed E-state index contributed by atoms with van der Waals surface area (Å²) in [6.07, 6.45) is 4.77. The summed E-state index contributed by atoms with van der Waals surface area (Å²) in [7, 11) is 0. The number of amides is 1. The van der Waals surface area contributed by atoms with Gasteiger partial charge in [-0.1, -0.05) is 53.9 Å². The number of halogens is 3. The minimum Gasteiger partial charge on any atom is -0.372 e. The molecule has 0 saturated carbocycles. The van der Waals surface area contributed by atoms with Crippen molar-refractivity contribution < 1.29 is 9.53 Å². The van der Waals surface area contributed by atoms with Crippen molar-refractivity contribution >= 4 is 40.7 Å². The van der Waals surface area contributed by atoms with Gasteiger partial charge in [0.2, 0.25) is 0 Å². The fraction of sp³-hybridized carbons (Fsp3) is 0.667. The van der Waals surface area contributed by atoms with Crippen molar-refractivity contribution in [2.75, 3.05) is 6.61 Å². The molecule has 15 heavy (non-hydrogen) atoms. The van der Waals surface area contributed by atoms with Crippen molar-refractivity contribution in [1.82, 2.24) is 5.32 Å². The van der Waals surface area contributed by atoms with Gasteiger partial charge in [-0.05, 0) is 6.42 Å². The SMILES string of the molecule is CC[C@@H]1C=C[C@@H](NC(=O)C(Cl)(Cl)Cl)CO1. The molecular formula is C9H12Cl3NO2. The molecule has 1 heterocycles. The first kappa shape index (κ1) is 13.1. The molecule has 2 atom stereocenters. The van der Waals surface area contributed by atoms with Crippen LogP contribution in [0.2, 0.25) is 0 Å². The lowest BCUT2D eigenvalue weighted by atomic mass is 10.1. The highest BCUT2D eigenvalue weighted by molar-refractivity contribution is 6.76. The smallest absolute Gasteiger partial charge is 0.272 e. The first-order valence-corrected chi connectivity index (χ1v) is 5.74. The molecule has 0 spiro atoms. The van der Waals surface area contributed by atoms with Crippen LogP contribution in [0.5, 0.6) is 0 Å². The van der Waals surface area contributed by atoms with Crippen LogP contribution >= 0.6 is 34.8 Å². The number of nitrogens with one attached hydrogen (secondary N) is 1. The summed E-state index contributed by atoms with van der Waals surface area (Å²) in [4.78, 5) is 11.3. The molecule has 0 saturated heterocycles. The summed E-state index contributed by atoms with van der Waals surface area (Å²) < 4.78 is 3.50. The summed E-state index contributed by atoms with van der Waals surface area (Å²) in [5.74, 6) is -0.638. The van der Waals surface area contributed by atoms with Gasteiger partial charge in [0.05, 0.1) is 18.8 Å². The van der Waals surface area contributed by atoms with Crippen LogP contribution in [0.1, 0.15) is 13.3 Å². The lowest BCUT2D eigenvalue weighted by Gasteiger charge is -2.24. The zero-order valence-corrected chi connectivity index (χ0v) is 10.4. The maximum atomic E-state index is 11.3. The molecule has 86 valence electrons. The normalized spacial score (nSPS) is 26.4. The number of ether oxygens (including phenoxy) is 1. The third-order valence-corrected chi connectivity index (χ3v) is 2.54. The van der Waals surface area contributed by atoms with Gasteiger partial charge in [-0.3, -0.25) is 4.79 Å². The molecule has 0 aromatic heterocycles. The van der Waals surface area contributed by atoms with Crippen LogP contribution in [-0.4, -0.2) is 28.5 Å². The summed E-state index contributed by atoms with van der Waals surface area (Å²) in [5.41, 5.74) is 0. The van der Waals surface area contributed by atoms with E-state index in [4.69, 9.17) is 39.5 Å². The Balaban J connectivity index is 2.45. The fourth-order valence-corrected chi connectivity index (χ4v) is 1.35. The zero-order chi connectivity index (χ0) is 11.5. The van der Waals surface area contributed by atoms with Gasteiger partial charge >= 0.3 is 0 Å². The lowest BCUT2D eigenvalue weighted by molar-refractivity contribution is -0.121. The number of alkyl halides is 3. The van der Waals surface area contributed by atoms with Crippen LogP contribution < -0.4 is 5.32 Å². The topological polar surface area (TPSA) is 38.3 Å². The number of rotatable bonds is 2. The summed E-state index contributed by atoms with van der Waals surface area (Å²) >= 11 is 16.2. The lowest BCUT2D eigenvalue weighted by Crippen LogP contribution is -2.44. The Morgan fingerprint density at radius 1 is 1.53 bits per heavy atom.